The molecule has 22 heavy (non-hydrogen) atoms. The van der Waals surface area contributed by atoms with Gasteiger partial charge >= 0.3 is 21.7 Å². The molecule has 0 aromatic carbocycles. The van der Waals surface area contributed by atoms with E-state index in [-0.39, 0.29) is 52.1 Å². The third-order valence-corrected chi connectivity index (χ3v) is 3.52. The van der Waals surface area contributed by atoms with E-state index in [4.69, 9.17) is 4.43 Å². The van der Waals surface area contributed by atoms with Gasteiger partial charge in [-0.15, -0.1) is 17.7 Å². The van der Waals surface area contributed by atoms with Gasteiger partial charge in [-0.3, -0.25) is 0 Å². The molecule has 125 valence electrons. The Bertz CT molecular complexity index is 412. The number of hydrogen-bond acceptors (Lipinski definition) is 2. The van der Waals surface area contributed by atoms with Gasteiger partial charge in [0.2, 0.25) is 8.32 Å². The van der Waals surface area contributed by atoms with E-state index in [2.05, 4.69) is 71.7 Å². The monoisotopic (exact) mass is 396 g/mol. The molecule has 1 aliphatic carbocycles. The summed E-state index contributed by atoms with van der Waals surface area (Å²) < 4.78 is 6.19. The Kier molecular flexibility index (Phi) is 12.7. The SMILES string of the molecule is CCC(C)=C1[C-]=C(NC(C)(C)C)C(O[Si](C)(C)C)=C1.[Cl-].[Cl-].[Ti+3]. The van der Waals surface area contributed by atoms with Crippen LogP contribution in [0.5, 0.6) is 0 Å². The summed E-state index contributed by atoms with van der Waals surface area (Å²) in [6.07, 6.45) is 6.63. The molecule has 1 aliphatic rings. The van der Waals surface area contributed by atoms with Crippen LogP contribution in [0, 0.1) is 6.08 Å². The smallest absolute Gasteiger partial charge is 1.00 e. The van der Waals surface area contributed by atoms with Crippen LogP contribution in [0.3, 0.4) is 0 Å². The maximum atomic E-state index is 6.19. The van der Waals surface area contributed by atoms with Crippen LogP contribution in [0.1, 0.15) is 41.0 Å². The zero-order chi connectivity index (χ0) is 14.8. The molecular weight excluding hydrogens is 369 g/mol. The molecule has 0 bridgehead atoms. The number of nitrogens with one attached hydrogen (secondary N) is 1. The molecule has 0 aromatic rings. The molecule has 0 aliphatic heterocycles. The van der Waals surface area contributed by atoms with Crippen LogP contribution >= 0.6 is 0 Å². The molecule has 0 aromatic heterocycles. The fraction of sp³-hybridized carbons (Fsp3) is 0.625. The predicted molar refractivity (Wildman–Crippen MR) is 85.1 cm³/mol. The minimum absolute atomic E-state index is 0. The molecule has 0 fully saturated rings. The first-order valence-electron chi connectivity index (χ1n) is 7.05. The summed E-state index contributed by atoms with van der Waals surface area (Å²) in [5.74, 6) is 0.955. The number of rotatable bonds is 4. The Labute approximate surface area is 165 Å². The third-order valence-electron chi connectivity index (χ3n) is 2.69. The van der Waals surface area contributed by atoms with Gasteiger partial charge in [0.05, 0.1) is 0 Å². The fourth-order valence-corrected chi connectivity index (χ4v) is 2.55. The maximum Gasteiger partial charge on any atom is 3.00 e. The van der Waals surface area contributed by atoms with Crippen molar-refractivity contribution in [2.45, 2.75) is 66.2 Å². The summed E-state index contributed by atoms with van der Waals surface area (Å²) >= 11 is 0. The van der Waals surface area contributed by atoms with Crippen molar-refractivity contribution in [1.29, 1.82) is 0 Å². The molecule has 1 radical (unpaired) electrons. The van der Waals surface area contributed by atoms with Crippen LogP contribution in [0.2, 0.25) is 19.6 Å². The molecule has 0 saturated carbocycles. The quantitative estimate of drug-likeness (QED) is 0.463. The Morgan fingerprint density at radius 1 is 1.23 bits per heavy atom. The van der Waals surface area contributed by atoms with E-state index in [0.717, 1.165) is 17.9 Å². The molecule has 1 rings (SSSR count). The van der Waals surface area contributed by atoms with Crippen molar-refractivity contribution in [3.05, 3.63) is 34.8 Å². The molecule has 0 atom stereocenters. The molecule has 0 heterocycles. The van der Waals surface area contributed by atoms with E-state index in [1.54, 1.807) is 0 Å². The summed E-state index contributed by atoms with van der Waals surface area (Å²) in [4.78, 5) is 0. The number of allylic oxidation sites excluding steroid dienone is 4. The first-order valence-corrected chi connectivity index (χ1v) is 10.5. The first kappa shape index (κ1) is 27.2. The molecule has 0 unspecified atom stereocenters. The van der Waals surface area contributed by atoms with E-state index in [0.29, 0.717) is 0 Å². The standard InChI is InChI=1S/C16H28NOSi.2ClH.Ti/c1-9-12(2)13-10-14(17-16(3,4)5)15(11-13)18-19(6,7)8;;;/h11,17H,9H2,1-8H3;2*1H;/q-1;;;+3/p-2. The van der Waals surface area contributed by atoms with E-state index in [1.807, 2.05) is 0 Å². The largest absolute Gasteiger partial charge is 3.00 e. The minimum Gasteiger partial charge on any atom is -1.00 e. The number of halogens is 2. The van der Waals surface area contributed by atoms with Gasteiger partial charge in [-0.05, 0) is 46.1 Å². The summed E-state index contributed by atoms with van der Waals surface area (Å²) in [7, 11) is -1.61. The zero-order valence-electron chi connectivity index (χ0n) is 14.9. The van der Waals surface area contributed by atoms with Gasteiger partial charge in [-0.1, -0.05) is 20.3 Å². The fourth-order valence-electron chi connectivity index (χ4n) is 1.73. The second-order valence-corrected chi connectivity index (χ2v) is 11.6. The van der Waals surface area contributed by atoms with Crippen molar-refractivity contribution in [1.82, 2.24) is 5.32 Å². The molecule has 0 amide bonds. The van der Waals surface area contributed by atoms with Crippen molar-refractivity contribution in [3.8, 4) is 0 Å². The molecule has 6 heteroatoms. The average molecular weight is 397 g/mol. The van der Waals surface area contributed by atoms with Gasteiger partial charge in [-0.2, -0.15) is 5.57 Å². The van der Waals surface area contributed by atoms with Crippen LogP contribution in [-0.4, -0.2) is 13.9 Å². The number of hydrogen-bond donors (Lipinski definition) is 1. The Balaban J connectivity index is -0.00000120. The minimum atomic E-state index is -1.61. The van der Waals surface area contributed by atoms with Crippen LogP contribution < -0.4 is 30.1 Å². The van der Waals surface area contributed by atoms with Crippen LogP contribution in [0.25, 0.3) is 0 Å². The van der Waals surface area contributed by atoms with E-state index in [9.17, 15) is 0 Å². The predicted octanol–water partition coefficient (Wildman–Crippen LogP) is -1.46. The summed E-state index contributed by atoms with van der Waals surface area (Å²) in [5, 5.41) is 3.50. The van der Waals surface area contributed by atoms with Crippen LogP contribution in [-0.2, 0) is 26.1 Å². The molecule has 1 N–H and O–H groups in total. The van der Waals surface area contributed by atoms with Crippen molar-refractivity contribution in [3.63, 3.8) is 0 Å². The second kappa shape index (κ2) is 10.2. The third kappa shape index (κ3) is 9.47. The normalized spacial score (nSPS) is 16.4. The van der Waals surface area contributed by atoms with Gasteiger partial charge in [0.25, 0.3) is 0 Å². The molecular formula is C16H28Cl2NOSiTi. The van der Waals surface area contributed by atoms with E-state index < -0.39 is 8.32 Å². The van der Waals surface area contributed by atoms with Gasteiger partial charge in [-0.25, -0.2) is 0 Å². The maximum absolute atomic E-state index is 6.19. The molecule has 2 nitrogen and oxygen atoms in total. The summed E-state index contributed by atoms with van der Waals surface area (Å²) in [5.41, 5.74) is 3.53. The van der Waals surface area contributed by atoms with Crippen molar-refractivity contribution < 1.29 is 51.0 Å². The Hall–Kier alpha value is 0.331. The van der Waals surface area contributed by atoms with Gasteiger partial charge in [0.15, 0.2) is 0 Å². The topological polar surface area (TPSA) is 21.3 Å². The van der Waals surface area contributed by atoms with Crippen molar-refractivity contribution in [2.24, 2.45) is 0 Å². The van der Waals surface area contributed by atoms with E-state index >= 15 is 0 Å². The van der Waals surface area contributed by atoms with Crippen LogP contribution in [0.15, 0.2) is 28.7 Å². The Morgan fingerprint density at radius 3 is 2.09 bits per heavy atom. The van der Waals surface area contributed by atoms with Crippen molar-refractivity contribution >= 4 is 8.32 Å². The van der Waals surface area contributed by atoms with Gasteiger partial charge in [0, 0.05) is 11.3 Å². The van der Waals surface area contributed by atoms with Crippen molar-refractivity contribution in [2.75, 3.05) is 0 Å². The first-order chi connectivity index (χ1) is 8.52. The van der Waals surface area contributed by atoms with Gasteiger partial charge < -0.3 is 34.6 Å². The van der Waals surface area contributed by atoms with E-state index in [1.165, 1.54) is 11.1 Å². The summed E-state index contributed by atoms with van der Waals surface area (Å²) in [6.45, 7) is 17.4. The average Bonchev–Trinajstić information content (AvgIpc) is 2.55. The van der Waals surface area contributed by atoms with Gasteiger partial charge in [0.1, 0.15) is 0 Å². The second-order valence-electron chi connectivity index (χ2n) is 7.15. The zero-order valence-corrected chi connectivity index (χ0v) is 19.0. The molecule has 0 saturated heterocycles. The Morgan fingerprint density at radius 2 is 1.73 bits per heavy atom. The summed E-state index contributed by atoms with van der Waals surface area (Å²) in [6, 6.07) is 0. The van der Waals surface area contributed by atoms with Crippen LogP contribution in [0.4, 0.5) is 0 Å². The molecule has 0 spiro atoms.